The first-order valence-corrected chi connectivity index (χ1v) is 12.4. The highest BCUT2D eigenvalue weighted by molar-refractivity contribution is 5.94. The molecule has 1 saturated carbocycles. The molecule has 0 bridgehead atoms. The molecule has 1 aliphatic carbocycles. The van der Waals surface area contributed by atoms with E-state index in [1.54, 1.807) is 22.9 Å². The Morgan fingerprint density at radius 2 is 1.69 bits per heavy atom. The van der Waals surface area contributed by atoms with Crippen molar-refractivity contribution in [3.05, 3.63) is 107 Å². The van der Waals surface area contributed by atoms with Crippen LogP contribution < -0.4 is 4.74 Å². The first-order chi connectivity index (χ1) is 17.4. The Morgan fingerprint density at radius 1 is 1.03 bits per heavy atom. The van der Waals surface area contributed by atoms with Gasteiger partial charge in [0.1, 0.15) is 0 Å². The molecule has 1 fully saturated rings. The number of amides is 1. The smallest absolute Gasteiger partial charge is 0.254 e. The third kappa shape index (κ3) is 4.89. The van der Waals surface area contributed by atoms with Gasteiger partial charge in [0, 0.05) is 11.6 Å². The molecule has 6 heteroatoms. The zero-order chi connectivity index (χ0) is 25.2. The second kappa shape index (κ2) is 9.97. The number of nitrogens with zero attached hydrogens (tertiary/aromatic N) is 3. The van der Waals surface area contributed by atoms with Crippen LogP contribution in [0.3, 0.4) is 0 Å². The maximum atomic E-state index is 14.7. The molecule has 0 spiro atoms. The molecule has 1 aliphatic rings. The molecule has 4 aromatic rings. The first kappa shape index (κ1) is 23.8. The topological polar surface area (TPSA) is 47.4 Å². The molecule has 36 heavy (non-hydrogen) atoms. The minimum absolute atomic E-state index is 0.0171. The molecule has 0 N–H and O–H groups in total. The quantitative estimate of drug-likeness (QED) is 0.270. The van der Waals surface area contributed by atoms with E-state index >= 15 is 0 Å². The fourth-order valence-corrected chi connectivity index (χ4v) is 4.33. The van der Waals surface area contributed by atoms with Crippen molar-refractivity contribution >= 4 is 5.91 Å². The van der Waals surface area contributed by atoms with Crippen LogP contribution in [0.15, 0.2) is 78.9 Å². The number of carbonyl (C=O) groups is 1. The Balaban J connectivity index is 1.61. The van der Waals surface area contributed by atoms with Gasteiger partial charge in [-0.2, -0.15) is 5.10 Å². The fraction of sp³-hybridized carbons (Fsp3) is 0.267. The van der Waals surface area contributed by atoms with Crippen LogP contribution in [-0.2, 0) is 6.54 Å². The second-order valence-corrected chi connectivity index (χ2v) is 9.63. The number of para-hydroxylation sites is 2. The zero-order valence-corrected chi connectivity index (χ0v) is 20.8. The maximum absolute atomic E-state index is 14.7. The Bertz CT molecular complexity index is 1360. The van der Waals surface area contributed by atoms with Gasteiger partial charge in [-0.3, -0.25) is 4.79 Å². The summed E-state index contributed by atoms with van der Waals surface area (Å²) in [5, 5.41) is 4.91. The summed E-state index contributed by atoms with van der Waals surface area (Å²) in [6, 6.07) is 23.8. The van der Waals surface area contributed by atoms with Crippen molar-refractivity contribution < 1.29 is 13.9 Å². The van der Waals surface area contributed by atoms with E-state index < -0.39 is 5.82 Å². The second-order valence-electron chi connectivity index (χ2n) is 9.63. The molecule has 5 rings (SSSR count). The summed E-state index contributed by atoms with van der Waals surface area (Å²) in [6.45, 7) is 6.47. The van der Waals surface area contributed by atoms with Gasteiger partial charge in [0.2, 0.25) is 5.88 Å². The van der Waals surface area contributed by atoms with Crippen molar-refractivity contribution in [2.24, 2.45) is 0 Å². The maximum Gasteiger partial charge on any atom is 0.254 e. The fourth-order valence-electron chi connectivity index (χ4n) is 4.33. The number of benzene rings is 3. The van der Waals surface area contributed by atoms with E-state index in [-0.39, 0.29) is 23.6 Å². The highest BCUT2D eigenvalue weighted by Gasteiger charge is 2.36. The average molecular weight is 484 g/mol. The van der Waals surface area contributed by atoms with Crippen molar-refractivity contribution in [1.29, 1.82) is 0 Å². The zero-order valence-electron chi connectivity index (χ0n) is 20.8. The first-order valence-electron chi connectivity index (χ1n) is 12.4. The summed E-state index contributed by atoms with van der Waals surface area (Å²) < 4.78 is 22.6. The summed E-state index contributed by atoms with van der Waals surface area (Å²) in [5.74, 6) is 0.149. The normalized spacial score (nSPS) is 13.1. The van der Waals surface area contributed by atoms with E-state index in [2.05, 4.69) is 13.8 Å². The van der Waals surface area contributed by atoms with Crippen molar-refractivity contribution in [3.8, 4) is 17.3 Å². The van der Waals surface area contributed by atoms with Crippen molar-refractivity contribution in [2.75, 3.05) is 0 Å². The molecule has 0 radical (unpaired) electrons. The summed E-state index contributed by atoms with van der Waals surface area (Å²) in [6.07, 6.45) is 1.93. The molecule has 1 aromatic heterocycles. The molecular weight excluding hydrogens is 453 g/mol. The molecule has 5 nitrogen and oxygen atoms in total. The highest BCUT2D eigenvalue weighted by atomic mass is 19.1. The van der Waals surface area contributed by atoms with Crippen LogP contribution in [0.25, 0.3) is 5.69 Å². The highest BCUT2D eigenvalue weighted by Crippen LogP contribution is 2.38. The van der Waals surface area contributed by atoms with Gasteiger partial charge in [0.15, 0.2) is 11.6 Å². The monoisotopic (exact) mass is 483 g/mol. The summed E-state index contributed by atoms with van der Waals surface area (Å²) in [5.41, 5.74) is 4.19. The van der Waals surface area contributed by atoms with Gasteiger partial charge in [0.05, 0.1) is 23.5 Å². The predicted molar refractivity (Wildman–Crippen MR) is 138 cm³/mol. The molecule has 0 atom stereocenters. The van der Waals surface area contributed by atoms with Crippen LogP contribution in [0.4, 0.5) is 4.39 Å². The largest absolute Gasteiger partial charge is 0.435 e. The Morgan fingerprint density at radius 3 is 2.33 bits per heavy atom. The molecule has 1 amide bonds. The standard InChI is InChI=1S/C30H30FN3O2/c1-20(2)28-25(19-33(23-17-18-23)29(35)22-15-13-21(3)14-16-22)30(36-27-12-8-7-11-26(27)31)34(32-28)24-9-5-4-6-10-24/h4-16,20,23H,17-19H2,1-3H3. The Hall–Kier alpha value is -3.93. The number of aryl methyl sites for hydroxylation is 1. The summed E-state index contributed by atoms with van der Waals surface area (Å²) >= 11 is 0. The van der Waals surface area contributed by atoms with Gasteiger partial charge in [-0.1, -0.05) is 61.9 Å². The SMILES string of the molecule is Cc1ccc(C(=O)N(Cc2c(C(C)C)nn(-c3ccccc3)c2Oc2ccccc2F)C2CC2)cc1. The number of rotatable bonds is 8. The van der Waals surface area contributed by atoms with Crippen molar-refractivity contribution in [2.45, 2.75) is 52.1 Å². The van der Waals surface area contributed by atoms with E-state index in [1.165, 1.54) is 6.07 Å². The van der Waals surface area contributed by atoms with E-state index in [0.29, 0.717) is 18.0 Å². The molecule has 184 valence electrons. The average Bonchev–Trinajstić information content (AvgIpc) is 3.66. The van der Waals surface area contributed by atoms with Gasteiger partial charge in [0.25, 0.3) is 5.91 Å². The minimum atomic E-state index is -0.454. The van der Waals surface area contributed by atoms with Gasteiger partial charge >= 0.3 is 0 Å². The summed E-state index contributed by atoms with van der Waals surface area (Å²) in [4.78, 5) is 15.5. The van der Waals surface area contributed by atoms with Crippen molar-refractivity contribution in [3.63, 3.8) is 0 Å². The van der Waals surface area contributed by atoms with Gasteiger partial charge in [-0.25, -0.2) is 9.07 Å². The minimum Gasteiger partial charge on any atom is -0.435 e. The van der Waals surface area contributed by atoms with Crippen LogP contribution in [0, 0.1) is 12.7 Å². The van der Waals surface area contributed by atoms with Crippen LogP contribution in [-0.4, -0.2) is 26.6 Å². The third-order valence-electron chi connectivity index (χ3n) is 6.43. The third-order valence-corrected chi connectivity index (χ3v) is 6.43. The lowest BCUT2D eigenvalue weighted by molar-refractivity contribution is 0.0728. The number of hydrogen-bond acceptors (Lipinski definition) is 3. The molecule has 0 saturated heterocycles. The van der Waals surface area contributed by atoms with Gasteiger partial charge < -0.3 is 9.64 Å². The molecule has 0 unspecified atom stereocenters. The predicted octanol–water partition coefficient (Wildman–Crippen LogP) is 7.04. The number of hydrogen-bond donors (Lipinski definition) is 0. The van der Waals surface area contributed by atoms with E-state index in [9.17, 15) is 9.18 Å². The summed E-state index contributed by atoms with van der Waals surface area (Å²) in [7, 11) is 0. The number of ether oxygens (including phenoxy) is 1. The lowest BCUT2D eigenvalue weighted by Crippen LogP contribution is -2.33. The van der Waals surface area contributed by atoms with Gasteiger partial charge in [-0.15, -0.1) is 0 Å². The van der Waals surface area contributed by atoms with Crippen LogP contribution >= 0.6 is 0 Å². The molecular formula is C30H30FN3O2. The van der Waals surface area contributed by atoms with Crippen LogP contribution in [0.1, 0.15) is 59.8 Å². The van der Waals surface area contributed by atoms with E-state index in [4.69, 9.17) is 9.84 Å². The number of halogens is 1. The van der Waals surface area contributed by atoms with Crippen molar-refractivity contribution in [1.82, 2.24) is 14.7 Å². The van der Waals surface area contributed by atoms with Crippen LogP contribution in [0.5, 0.6) is 11.6 Å². The molecule has 0 aliphatic heterocycles. The van der Waals surface area contributed by atoms with Gasteiger partial charge in [-0.05, 0) is 62.1 Å². The van der Waals surface area contributed by atoms with Crippen LogP contribution in [0.2, 0.25) is 0 Å². The lowest BCUT2D eigenvalue weighted by Gasteiger charge is -2.24. The Kier molecular flexibility index (Phi) is 6.59. The van der Waals surface area contributed by atoms with E-state index in [0.717, 1.165) is 35.3 Å². The lowest BCUT2D eigenvalue weighted by atomic mass is 10.0. The Labute approximate surface area is 211 Å². The molecule has 3 aromatic carbocycles. The molecule has 1 heterocycles. The van der Waals surface area contributed by atoms with E-state index in [1.807, 2.05) is 66.4 Å². The number of carbonyl (C=O) groups excluding carboxylic acids is 1. The number of aromatic nitrogens is 2.